The van der Waals surface area contributed by atoms with Gasteiger partial charge < -0.3 is 24.2 Å². The molecule has 8 aliphatic rings. The molecule has 5 saturated carbocycles. The van der Waals surface area contributed by atoms with Crippen LogP contribution in [0.4, 0.5) is 0 Å². The average Bonchev–Trinajstić information content (AvgIpc) is 3.55. The fourth-order valence-corrected chi connectivity index (χ4v) is 13.4. The number of aliphatic hydroxyl groups excluding tert-OH is 1. The number of likely N-dealkylation sites (tertiary alicyclic amines) is 1. The van der Waals surface area contributed by atoms with Crippen LogP contribution in [0.1, 0.15) is 92.4 Å². The molecule has 0 radical (unpaired) electrons. The zero-order valence-electron chi connectivity index (χ0n) is 26.7. The summed E-state index contributed by atoms with van der Waals surface area (Å²) in [7, 11) is 0. The van der Waals surface area contributed by atoms with Gasteiger partial charge in [0.05, 0.1) is 24.9 Å². The predicted molar refractivity (Wildman–Crippen MR) is 159 cm³/mol. The number of hydrogen-bond acceptors (Lipinski definition) is 6. The van der Waals surface area contributed by atoms with Gasteiger partial charge in [0.1, 0.15) is 0 Å². The smallest absolute Gasteiger partial charge is 0.170 e. The van der Waals surface area contributed by atoms with Gasteiger partial charge in [-0.25, -0.2) is 0 Å². The van der Waals surface area contributed by atoms with Gasteiger partial charge in [-0.2, -0.15) is 0 Å². The molecule has 12 atom stereocenters. The van der Waals surface area contributed by atoms with E-state index in [2.05, 4.69) is 44.4 Å². The van der Waals surface area contributed by atoms with Crippen molar-refractivity contribution in [1.82, 2.24) is 9.80 Å². The molecule has 0 aromatic heterocycles. The molecule has 8 fully saturated rings. The van der Waals surface area contributed by atoms with Crippen LogP contribution in [-0.4, -0.2) is 92.0 Å². The lowest BCUT2D eigenvalue weighted by Gasteiger charge is -2.63. The van der Waals surface area contributed by atoms with E-state index in [0.29, 0.717) is 34.5 Å². The SMILES string of the molecule is C[C@@H]1CCOC2[C@H]1[C@@]1(C)CCC34C[C@@]35CC[C@H](O[C@H]3CN(CCN6CCC6)CCO3)C(C)(C)[C@@H]5CCC4C1(C)[C@H]2O. The normalized spacial score (nSPS) is 56.0. The van der Waals surface area contributed by atoms with Crippen LogP contribution < -0.4 is 0 Å². The molecule has 0 aromatic carbocycles. The third-order valence-corrected chi connectivity index (χ3v) is 15.8. The Morgan fingerprint density at radius 2 is 1.59 bits per heavy atom. The van der Waals surface area contributed by atoms with E-state index >= 15 is 0 Å². The number of nitrogens with zero attached hydrogens (tertiary/aromatic N) is 2. The highest BCUT2D eigenvalue weighted by Crippen LogP contribution is 2.89. The average molecular weight is 571 g/mol. The Morgan fingerprint density at radius 1 is 0.829 bits per heavy atom. The summed E-state index contributed by atoms with van der Waals surface area (Å²) < 4.78 is 19.6. The van der Waals surface area contributed by atoms with E-state index in [1.54, 1.807) is 0 Å². The van der Waals surface area contributed by atoms with Crippen LogP contribution in [0.2, 0.25) is 0 Å². The quantitative estimate of drug-likeness (QED) is 0.492. The second-order valence-electron chi connectivity index (χ2n) is 17.2. The van der Waals surface area contributed by atoms with Gasteiger partial charge in [0, 0.05) is 38.2 Å². The molecule has 4 unspecified atom stereocenters. The first-order chi connectivity index (χ1) is 19.6. The molecule has 3 heterocycles. The van der Waals surface area contributed by atoms with Crippen molar-refractivity contribution in [3.8, 4) is 0 Å². The van der Waals surface area contributed by atoms with Gasteiger partial charge in [-0.05, 0) is 116 Å². The Bertz CT molecular complexity index is 1030. The van der Waals surface area contributed by atoms with Gasteiger partial charge in [0.15, 0.2) is 6.29 Å². The van der Waals surface area contributed by atoms with Gasteiger partial charge in [-0.1, -0.05) is 34.6 Å². The minimum absolute atomic E-state index is 0.0397. The summed E-state index contributed by atoms with van der Waals surface area (Å²) in [6.45, 7) is 21.0. The van der Waals surface area contributed by atoms with E-state index in [4.69, 9.17) is 14.2 Å². The maximum Gasteiger partial charge on any atom is 0.170 e. The minimum atomic E-state index is -0.322. The number of ether oxygens (including phenoxy) is 3. The zero-order chi connectivity index (χ0) is 28.4. The lowest BCUT2D eigenvalue weighted by Crippen LogP contribution is -2.60. The van der Waals surface area contributed by atoms with Crippen LogP contribution >= 0.6 is 0 Å². The third-order valence-electron chi connectivity index (χ3n) is 15.8. The monoisotopic (exact) mass is 570 g/mol. The van der Waals surface area contributed by atoms with Crippen molar-refractivity contribution >= 4 is 0 Å². The second kappa shape index (κ2) is 9.39. The van der Waals surface area contributed by atoms with E-state index in [1.807, 2.05) is 0 Å². The van der Waals surface area contributed by atoms with Crippen molar-refractivity contribution in [2.24, 2.45) is 50.7 Å². The van der Waals surface area contributed by atoms with E-state index in [9.17, 15) is 5.11 Å². The fourth-order valence-electron chi connectivity index (χ4n) is 13.4. The van der Waals surface area contributed by atoms with E-state index in [1.165, 1.54) is 64.6 Å². The Morgan fingerprint density at radius 3 is 2.37 bits per heavy atom. The van der Waals surface area contributed by atoms with Crippen molar-refractivity contribution in [2.75, 3.05) is 52.5 Å². The highest BCUT2D eigenvalue weighted by atomic mass is 16.7. The number of morpholine rings is 1. The summed E-state index contributed by atoms with van der Waals surface area (Å²) in [5.41, 5.74) is 1.15. The van der Waals surface area contributed by atoms with Gasteiger partial charge >= 0.3 is 0 Å². The summed E-state index contributed by atoms with van der Waals surface area (Å²) in [5, 5.41) is 12.1. The molecule has 0 bridgehead atoms. The summed E-state index contributed by atoms with van der Waals surface area (Å²) in [6.07, 6.45) is 11.5. The highest BCUT2D eigenvalue weighted by molar-refractivity contribution is 5.32. The van der Waals surface area contributed by atoms with E-state index in [-0.39, 0.29) is 40.8 Å². The fraction of sp³-hybridized carbons (Fsp3) is 1.00. The van der Waals surface area contributed by atoms with E-state index < -0.39 is 0 Å². The largest absolute Gasteiger partial charge is 0.390 e. The summed E-state index contributed by atoms with van der Waals surface area (Å²) in [5.74, 6) is 2.48. The minimum Gasteiger partial charge on any atom is -0.390 e. The third kappa shape index (κ3) is 3.64. The first kappa shape index (κ1) is 28.2. The molecule has 1 N–H and O–H groups in total. The van der Waals surface area contributed by atoms with E-state index in [0.717, 1.165) is 45.7 Å². The standard InChI is InChI=1S/C35H58N2O4/c1-23-10-19-40-29-28(23)32(4)12-13-35-22-34(35)11-9-26(31(2,3)24(34)7-8-25(35)33(32,5)30(29)38)41-27-21-37(18-20-39-27)17-16-36-14-6-15-36/h23-30,38H,6-22H2,1-5H3/t23-,24+,25?,26+,27+,28+,29?,30+,32-,33?,34-,35?/m1/s1. The molecule has 232 valence electrons. The molecular weight excluding hydrogens is 512 g/mol. The van der Waals surface area contributed by atoms with Crippen molar-refractivity contribution in [3.05, 3.63) is 0 Å². The van der Waals surface area contributed by atoms with Gasteiger partial charge in [0.2, 0.25) is 0 Å². The van der Waals surface area contributed by atoms with Crippen LogP contribution in [0.3, 0.4) is 0 Å². The van der Waals surface area contributed by atoms with Gasteiger partial charge in [0.25, 0.3) is 0 Å². The number of aliphatic hydroxyl groups is 1. The summed E-state index contributed by atoms with van der Waals surface area (Å²) in [4.78, 5) is 5.14. The first-order valence-corrected chi connectivity index (χ1v) is 17.6. The molecule has 41 heavy (non-hydrogen) atoms. The summed E-state index contributed by atoms with van der Waals surface area (Å²) in [6, 6.07) is 0. The molecule has 8 rings (SSSR count). The zero-order valence-corrected chi connectivity index (χ0v) is 26.7. The van der Waals surface area contributed by atoms with Crippen molar-refractivity contribution < 1.29 is 19.3 Å². The molecule has 6 nitrogen and oxygen atoms in total. The van der Waals surface area contributed by atoms with Crippen molar-refractivity contribution in [1.29, 1.82) is 0 Å². The van der Waals surface area contributed by atoms with Crippen molar-refractivity contribution in [3.63, 3.8) is 0 Å². The van der Waals surface area contributed by atoms with Crippen LogP contribution in [0, 0.1) is 50.7 Å². The Kier molecular flexibility index (Phi) is 6.47. The second-order valence-corrected chi connectivity index (χ2v) is 17.2. The van der Waals surface area contributed by atoms with Crippen LogP contribution in [0.25, 0.3) is 0 Å². The Hall–Kier alpha value is -0.240. The molecule has 3 saturated heterocycles. The summed E-state index contributed by atoms with van der Waals surface area (Å²) >= 11 is 0. The number of fused-ring (bicyclic) bond motifs is 4. The van der Waals surface area contributed by atoms with Gasteiger partial charge in [-0.3, -0.25) is 4.90 Å². The van der Waals surface area contributed by atoms with Crippen LogP contribution in [-0.2, 0) is 14.2 Å². The van der Waals surface area contributed by atoms with Crippen LogP contribution in [0.15, 0.2) is 0 Å². The van der Waals surface area contributed by atoms with Crippen molar-refractivity contribution in [2.45, 2.75) is 117 Å². The number of hydrogen-bond donors (Lipinski definition) is 1. The molecule has 0 aromatic rings. The van der Waals surface area contributed by atoms with Crippen LogP contribution in [0.5, 0.6) is 0 Å². The molecule has 6 heteroatoms. The lowest BCUT2D eigenvalue weighted by molar-refractivity contribution is -0.249. The maximum absolute atomic E-state index is 12.1. The predicted octanol–water partition coefficient (Wildman–Crippen LogP) is 5.18. The Labute approximate surface area is 249 Å². The molecular formula is C35H58N2O4. The lowest BCUT2D eigenvalue weighted by atomic mass is 9.41. The molecule has 5 aliphatic carbocycles. The first-order valence-electron chi connectivity index (χ1n) is 17.6. The van der Waals surface area contributed by atoms with Gasteiger partial charge in [-0.15, -0.1) is 0 Å². The molecule has 3 aliphatic heterocycles. The highest BCUT2D eigenvalue weighted by Gasteiger charge is 2.84. The maximum atomic E-state index is 12.1. The molecule has 0 amide bonds. The molecule has 2 spiro atoms. The Balaban J connectivity index is 0.995. The topological polar surface area (TPSA) is 54.4 Å². The number of rotatable bonds is 5.